The van der Waals surface area contributed by atoms with Gasteiger partial charge in [0, 0.05) is 12.1 Å². The van der Waals surface area contributed by atoms with Crippen LogP contribution in [0.5, 0.6) is 0 Å². The summed E-state index contributed by atoms with van der Waals surface area (Å²) in [4.78, 5) is 5.46. The second kappa shape index (κ2) is 3.09. The van der Waals surface area contributed by atoms with Crippen molar-refractivity contribution >= 4 is 0 Å². The number of hydrogen-bond donors (Lipinski definition) is 1. The van der Waals surface area contributed by atoms with Crippen LogP contribution in [-0.2, 0) is 4.84 Å². The van der Waals surface area contributed by atoms with Crippen molar-refractivity contribution in [2.24, 2.45) is 0 Å². The summed E-state index contributed by atoms with van der Waals surface area (Å²) in [6.45, 7) is 7.37. The molecule has 1 heterocycles. The second-order valence-corrected chi connectivity index (χ2v) is 3.97. The lowest BCUT2D eigenvalue weighted by molar-refractivity contribution is -0.201. The quantitative estimate of drug-likeness (QED) is 0.613. The lowest BCUT2D eigenvalue weighted by atomic mass is 10.1. The van der Waals surface area contributed by atoms with Crippen LogP contribution in [0.2, 0.25) is 0 Å². The molecule has 0 radical (unpaired) electrons. The van der Waals surface area contributed by atoms with Crippen LogP contribution in [0.4, 0.5) is 0 Å². The fraction of sp³-hybridized carbons (Fsp3) is 1.00. The smallest absolute Gasteiger partial charge is 0.104 e. The van der Waals surface area contributed by atoms with E-state index < -0.39 is 0 Å². The average Bonchev–Trinajstić information content (AvgIpc) is 2.32. The van der Waals surface area contributed by atoms with Gasteiger partial charge in [-0.15, -0.1) is 0 Å². The fourth-order valence-electron chi connectivity index (χ4n) is 1.16. The van der Waals surface area contributed by atoms with E-state index in [-0.39, 0.29) is 18.2 Å². The van der Waals surface area contributed by atoms with Crippen molar-refractivity contribution in [3.63, 3.8) is 0 Å². The van der Waals surface area contributed by atoms with Crippen LogP contribution in [0.25, 0.3) is 0 Å². The highest BCUT2D eigenvalue weighted by atomic mass is 16.7. The Morgan fingerprint density at radius 2 is 2.18 bits per heavy atom. The fourth-order valence-corrected chi connectivity index (χ4v) is 1.16. The van der Waals surface area contributed by atoms with E-state index in [9.17, 15) is 0 Å². The van der Waals surface area contributed by atoms with Crippen molar-refractivity contribution in [1.82, 2.24) is 5.06 Å². The summed E-state index contributed by atoms with van der Waals surface area (Å²) < 4.78 is 0. The molecule has 0 bridgehead atoms. The van der Waals surface area contributed by atoms with Gasteiger partial charge in [0.25, 0.3) is 0 Å². The van der Waals surface area contributed by atoms with Gasteiger partial charge in [-0.2, -0.15) is 5.06 Å². The Bertz CT molecular complexity index is 131. The van der Waals surface area contributed by atoms with E-state index in [1.807, 2.05) is 5.06 Å². The molecule has 0 aromatic heterocycles. The maximum Gasteiger partial charge on any atom is 0.104 e. The standard InChI is InChI=1S/C8H17NO2/c1-8(2,3)9-5-4-7(6-10)11-9/h7,10H,4-6H2,1-3H3. The molecule has 3 nitrogen and oxygen atoms in total. The van der Waals surface area contributed by atoms with Gasteiger partial charge in [-0.3, -0.25) is 4.84 Å². The summed E-state index contributed by atoms with van der Waals surface area (Å²) in [5.41, 5.74) is 0.0594. The molecule has 0 saturated carbocycles. The first-order valence-corrected chi connectivity index (χ1v) is 4.09. The highest BCUT2D eigenvalue weighted by Crippen LogP contribution is 2.22. The van der Waals surface area contributed by atoms with E-state index in [0.29, 0.717) is 0 Å². The topological polar surface area (TPSA) is 32.7 Å². The molecule has 3 heteroatoms. The van der Waals surface area contributed by atoms with Gasteiger partial charge < -0.3 is 5.11 Å². The van der Waals surface area contributed by atoms with Gasteiger partial charge in [0.05, 0.1) is 6.61 Å². The van der Waals surface area contributed by atoms with Gasteiger partial charge >= 0.3 is 0 Å². The van der Waals surface area contributed by atoms with Gasteiger partial charge in [-0.1, -0.05) is 0 Å². The molecular formula is C8H17NO2. The van der Waals surface area contributed by atoms with Crippen LogP contribution in [0.15, 0.2) is 0 Å². The zero-order valence-electron chi connectivity index (χ0n) is 7.50. The molecule has 1 saturated heterocycles. The van der Waals surface area contributed by atoms with Gasteiger partial charge in [-0.25, -0.2) is 0 Å². The molecule has 1 rings (SSSR count). The third kappa shape index (κ3) is 2.15. The summed E-state index contributed by atoms with van der Waals surface area (Å²) in [6.07, 6.45) is 0.961. The number of rotatable bonds is 1. The Hall–Kier alpha value is -0.120. The maximum absolute atomic E-state index is 8.80. The molecule has 66 valence electrons. The molecule has 1 atom stereocenters. The van der Waals surface area contributed by atoms with Crippen LogP contribution in [0, 0.1) is 0 Å². The van der Waals surface area contributed by atoms with Crippen molar-refractivity contribution in [3.8, 4) is 0 Å². The van der Waals surface area contributed by atoms with E-state index in [0.717, 1.165) is 13.0 Å². The van der Waals surface area contributed by atoms with Crippen molar-refractivity contribution in [3.05, 3.63) is 0 Å². The van der Waals surface area contributed by atoms with Crippen LogP contribution in [-0.4, -0.2) is 35.0 Å². The monoisotopic (exact) mass is 159 g/mol. The normalized spacial score (nSPS) is 27.8. The number of hydroxylamine groups is 2. The highest BCUT2D eigenvalue weighted by Gasteiger charge is 2.30. The molecule has 1 aliphatic rings. The Morgan fingerprint density at radius 3 is 2.45 bits per heavy atom. The summed E-state index contributed by atoms with van der Waals surface area (Å²) in [7, 11) is 0. The highest BCUT2D eigenvalue weighted by molar-refractivity contribution is 4.75. The molecular weight excluding hydrogens is 142 g/mol. The summed E-state index contributed by atoms with van der Waals surface area (Å²) >= 11 is 0. The van der Waals surface area contributed by atoms with Crippen molar-refractivity contribution in [2.75, 3.05) is 13.2 Å². The summed E-state index contributed by atoms with van der Waals surface area (Å²) in [5, 5.41) is 10.7. The van der Waals surface area contributed by atoms with Crippen molar-refractivity contribution in [1.29, 1.82) is 0 Å². The zero-order valence-corrected chi connectivity index (χ0v) is 7.50. The van der Waals surface area contributed by atoms with Crippen LogP contribution in [0.1, 0.15) is 27.2 Å². The number of hydrogen-bond acceptors (Lipinski definition) is 3. The average molecular weight is 159 g/mol. The third-order valence-electron chi connectivity index (χ3n) is 1.88. The molecule has 1 unspecified atom stereocenters. The van der Waals surface area contributed by atoms with E-state index in [2.05, 4.69) is 20.8 Å². The minimum Gasteiger partial charge on any atom is -0.394 e. The van der Waals surface area contributed by atoms with Gasteiger partial charge in [0.2, 0.25) is 0 Å². The molecule has 1 N–H and O–H groups in total. The van der Waals surface area contributed by atoms with Crippen LogP contribution >= 0.6 is 0 Å². The first-order chi connectivity index (χ1) is 5.04. The second-order valence-electron chi connectivity index (χ2n) is 3.97. The predicted molar refractivity (Wildman–Crippen MR) is 43.0 cm³/mol. The Morgan fingerprint density at radius 1 is 1.55 bits per heavy atom. The minimum atomic E-state index is 0.0224. The Kier molecular flexibility index (Phi) is 2.52. The van der Waals surface area contributed by atoms with E-state index in [4.69, 9.17) is 9.94 Å². The maximum atomic E-state index is 8.80. The van der Waals surface area contributed by atoms with Crippen LogP contribution in [0.3, 0.4) is 0 Å². The largest absolute Gasteiger partial charge is 0.394 e. The lowest BCUT2D eigenvalue weighted by Gasteiger charge is -2.30. The van der Waals surface area contributed by atoms with Gasteiger partial charge in [-0.05, 0) is 27.2 Å². The summed E-state index contributed by atoms with van der Waals surface area (Å²) in [5.74, 6) is 0. The number of aliphatic hydroxyl groups excluding tert-OH is 1. The molecule has 0 aromatic rings. The van der Waals surface area contributed by atoms with E-state index >= 15 is 0 Å². The molecule has 1 fully saturated rings. The SMILES string of the molecule is CC(C)(C)N1CCC(CO)O1. The molecule has 11 heavy (non-hydrogen) atoms. The van der Waals surface area contributed by atoms with Gasteiger partial charge in [0.1, 0.15) is 6.10 Å². The van der Waals surface area contributed by atoms with Gasteiger partial charge in [0.15, 0.2) is 0 Å². The Labute approximate surface area is 67.9 Å². The molecule has 0 amide bonds. The third-order valence-corrected chi connectivity index (χ3v) is 1.88. The Balaban J connectivity index is 2.42. The van der Waals surface area contributed by atoms with Crippen molar-refractivity contribution < 1.29 is 9.94 Å². The molecule has 0 aromatic carbocycles. The lowest BCUT2D eigenvalue weighted by Crippen LogP contribution is -2.38. The zero-order chi connectivity index (χ0) is 8.48. The molecule has 0 aliphatic carbocycles. The van der Waals surface area contributed by atoms with E-state index in [1.165, 1.54) is 0 Å². The first-order valence-electron chi connectivity index (χ1n) is 4.09. The van der Waals surface area contributed by atoms with Crippen molar-refractivity contribution in [2.45, 2.75) is 38.8 Å². The summed E-state index contributed by atoms with van der Waals surface area (Å²) in [6, 6.07) is 0. The minimum absolute atomic E-state index is 0.0224. The van der Waals surface area contributed by atoms with Crippen LogP contribution < -0.4 is 0 Å². The molecule has 1 aliphatic heterocycles. The number of nitrogens with zero attached hydrogens (tertiary/aromatic N) is 1. The predicted octanol–water partition coefficient (Wildman–Crippen LogP) is 0.783. The number of aliphatic hydroxyl groups is 1. The molecule has 0 spiro atoms. The first kappa shape index (κ1) is 8.97. The van der Waals surface area contributed by atoms with E-state index in [1.54, 1.807) is 0 Å².